The summed E-state index contributed by atoms with van der Waals surface area (Å²) in [5.74, 6) is -0.478. The molecule has 0 saturated heterocycles. The summed E-state index contributed by atoms with van der Waals surface area (Å²) in [6.45, 7) is 2.25. The van der Waals surface area contributed by atoms with Gasteiger partial charge in [-0.2, -0.15) is 0 Å². The maximum absolute atomic E-state index is 11.9. The summed E-state index contributed by atoms with van der Waals surface area (Å²) < 4.78 is 5.04. The number of thioether (sulfide) groups is 1. The molecule has 0 unspecified atom stereocenters. The van der Waals surface area contributed by atoms with Gasteiger partial charge in [0, 0.05) is 11.9 Å². The third-order valence-corrected chi connectivity index (χ3v) is 5.69. The molecule has 1 aromatic carbocycles. The van der Waals surface area contributed by atoms with Crippen LogP contribution in [0.1, 0.15) is 18.4 Å². The first-order valence-electron chi connectivity index (χ1n) is 8.41. The van der Waals surface area contributed by atoms with Crippen LogP contribution in [0.2, 0.25) is 0 Å². The molecule has 2 aromatic heterocycles. The van der Waals surface area contributed by atoms with E-state index in [-0.39, 0.29) is 24.2 Å². The molecular formula is C19H19N3O3S2. The van der Waals surface area contributed by atoms with Crippen molar-refractivity contribution in [2.45, 2.75) is 17.9 Å². The van der Waals surface area contributed by atoms with Crippen LogP contribution in [0.15, 0.2) is 53.1 Å². The fourth-order valence-corrected chi connectivity index (χ4v) is 3.99. The SMILES string of the molecule is C[C@@H](CNC(=O)COC(=O)CSc1ncnc2sccc12)c1ccccc1. The van der Waals surface area contributed by atoms with Crippen LogP contribution in [-0.4, -0.2) is 40.7 Å². The highest BCUT2D eigenvalue weighted by Crippen LogP contribution is 2.27. The number of nitrogens with one attached hydrogen (secondary N) is 1. The summed E-state index contributed by atoms with van der Waals surface area (Å²) in [6, 6.07) is 11.9. The van der Waals surface area contributed by atoms with Crippen molar-refractivity contribution in [1.29, 1.82) is 0 Å². The van der Waals surface area contributed by atoms with E-state index in [1.54, 1.807) is 0 Å². The van der Waals surface area contributed by atoms with E-state index in [2.05, 4.69) is 15.3 Å². The van der Waals surface area contributed by atoms with E-state index in [0.717, 1.165) is 20.8 Å². The van der Waals surface area contributed by atoms with Gasteiger partial charge in [0.25, 0.3) is 5.91 Å². The first-order valence-corrected chi connectivity index (χ1v) is 10.3. The zero-order valence-electron chi connectivity index (χ0n) is 14.8. The van der Waals surface area contributed by atoms with Crippen molar-refractivity contribution in [1.82, 2.24) is 15.3 Å². The molecule has 0 fully saturated rings. The molecule has 1 N–H and O–H groups in total. The van der Waals surface area contributed by atoms with Gasteiger partial charge >= 0.3 is 5.97 Å². The van der Waals surface area contributed by atoms with Gasteiger partial charge in [0.1, 0.15) is 16.2 Å². The normalized spacial score (nSPS) is 11.9. The molecule has 0 radical (unpaired) electrons. The number of benzene rings is 1. The van der Waals surface area contributed by atoms with Crippen LogP contribution in [0.5, 0.6) is 0 Å². The molecular weight excluding hydrogens is 382 g/mol. The second-order valence-electron chi connectivity index (χ2n) is 5.88. The number of carbonyl (C=O) groups excluding carboxylic acids is 2. The number of hydrogen-bond acceptors (Lipinski definition) is 7. The minimum Gasteiger partial charge on any atom is -0.455 e. The number of thiophene rings is 1. The first-order chi connectivity index (χ1) is 13.1. The van der Waals surface area contributed by atoms with Crippen LogP contribution >= 0.6 is 23.1 Å². The quantitative estimate of drug-likeness (QED) is 0.355. The van der Waals surface area contributed by atoms with Gasteiger partial charge < -0.3 is 10.1 Å². The molecule has 0 spiro atoms. The predicted octanol–water partition coefficient (Wildman–Crippen LogP) is 3.25. The van der Waals surface area contributed by atoms with Gasteiger partial charge in [-0.25, -0.2) is 9.97 Å². The first kappa shape index (κ1) is 19.3. The van der Waals surface area contributed by atoms with Crippen LogP contribution < -0.4 is 5.32 Å². The highest BCUT2D eigenvalue weighted by atomic mass is 32.2. The molecule has 2 heterocycles. The van der Waals surface area contributed by atoms with E-state index in [4.69, 9.17) is 4.74 Å². The van der Waals surface area contributed by atoms with Crippen LogP contribution in [0.4, 0.5) is 0 Å². The van der Waals surface area contributed by atoms with Crippen molar-refractivity contribution in [2.75, 3.05) is 18.9 Å². The number of aromatic nitrogens is 2. The van der Waals surface area contributed by atoms with Gasteiger partial charge in [-0.3, -0.25) is 9.59 Å². The van der Waals surface area contributed by atoms with Gasteiger partial charge in [-0.15, -0.1) is 11.3 Å². The number of ether oxygens (including phenoxy) is 1. The molecule has 8 heteroatoms. The van der Waals surface area contributed by atoms with Crippen molar-refractivity contribution in [2.24, 2.45) is 0 Å². The second kappa shape index (κ2) is 9.48. The lowest BCUT2D eigenvalue weighted by molar-refractivity contribution is -0.145. The maximum Gasteiger partial charge on any atom is 0.316 e. The van der Waals surface area contributed by atoms with Crippen molar-refractivity contribution < 1.29 is 14.3 Å². The largest absolute Gasteiger partial charge is 0.455 e. The maximum atomic E-state index is 11.9. The highest BCUT2D eigenvalue weighted by molar-refractivity contribution is 8.00. The van der Waals surface area contributed by atoms with Crippen molar-refractivity contribution in [3.05, 3.63) is 53.7 Å². The Bertz CT molecular complexity index is 915. The summed E-state index contributed by atoms with van der Waals surface area (Å²) in [4.78, 5) is 33.0. The fourth-order valence-electron chi connectivity index (χ4n) is 2.41. The third-order valence-electron chi connectivity index (χ3n) is 3.89. The average molecular weight is 402 g/mol. The van der Waals surface area contributed by atoms with Crippen LogP contribution in [0, 0.1) is 0 Å². The number of fused-ring (bicyclic) bond motifs is 1. The Labute approximate surface area is 165 Å². The van der Waals surface area contributed by atoms with E-state index >= 15 is 0 Å². The van der Waals surface area contributed by atoms with Gasteiger partial charge in [-0.05, 0) is 22.9 Å². The Morgan fingerprint density at radius 3 is 2.85 bits per heavy atom. The minimum atomic E-state index is -0.451. The predicted molar refractivity (Wildman–Crippen MR) is 107 cm³/mol. The molecule has 27 heavy (non-hydrogen) atoms. The molecule has 0 saturated carbocycles. The minimum absolute atomic E-state index is 0.0929. The third kappa shape index (κ3) is 5.51. The van der Waals surface area contributed by atoms with Crippen molar-refractivity contribution in [3.63, 3.8) is 0 Å². The van der Waals surface area contributed by atoms with Crippen molar-refractivity contribution >= 4 is 45.2 Å². The molecule has 0 aliphatic heterocycles. The van der Waals surface area contributed by atoms with Crippen LogP contribution in [0.25, 0.3) is 10.2 Å². The fraction of sp³-hybridized carbons (Fsp3) is 0.263. The molecule has 1 atom stereocenters. The average Bonchev–Trinajstić information content (AvgIpc) is 3.19. The standard InChI is InChI=1S/C19H19N3O3S2/c1-13(14-5-3-2-4-6-14)9-20-16(23)10-25-17(24)11-27-19-15-7-8-26-18(15)21-12-22-19/h2-8,12-13H,9-11H2,1H3,(H,20,23)/t13-/m0/s1. The van der Waals surface area contributed by atoms with E-state index < -0.39 is 5.97 Å². The molecule has 140 valence electrons. The Morgan fingerprint density at radius 1 is 1.22 bits per heavy atom. The lowest BCUT2D eigenvalue weighted by Crippen LogP contribution is -2.31. The van der Waals surface area contributed by atoms with Crippen LogP contribution in [0.3, 0.4) is 0 Å². The number of amides is 1. The van der Waals surface area contributed by atoms with Gasteiger partial charge in [0.15, 0.2) is 6.61 Å². The van der Waals surface area contributed by atoms with E-state index in [0.29, 0.717) is 6.54 Å². The van der Waals surface area contributed by atoms with Crippen molar-refractivity contribution in [3.8, 4) is 0 Å². The zero-order chi connectivity index (χ0) is 19.1. The zero-order valence-corrected chi connectivity index (χ0v) is 16.4. The summed E-state index contributed by atoms with van der Waals surface area (Å²) in [5, 5.41) is 6.38. The van der Waals surface area contributed by atoms with Gasteiger partial charge in [0.05, 0.1) is 5.75 Å². The smallest absolute Gasteiger partial charge is 0.316 e. The monoisotopic (exact) mass is 401 g/mol. The number of carbonyl (C=O) groups is 2. The van der Waals surface area contributed by atoms with Gasteiger partial charge in [-0.1, -0.05) is 49.0 Å². The molecule has 3 rings (SSSR count). The number of hydrogen-bond donors (Lipinski definition) is 1. The van der Waals surface area contributed by atoms with E-state index in [9.17, 15) is 9.59 Å². The Kier molecular flexibility index (Phi) is 6.78. The molecule has 6 nitrogen and oxygen atoms in total. The molecule has 1 amide bonds. The molecule has 0 aliphatic carbocycles. The number of esters is 1. The lowest BCUT2D eigenvalue weighted by atomic mass is 10.0. The lowest BCUT2D eigenvalue weighted by Gasteiger charge is -2.13. The topological polar surface area (TPSA) is 81.2 Å². The summed E-state index contributed by atoms with van der Waals surface area (Å²) in [6.07, 6.45) is 1.48. The van der Waals surface area contributed by atoms with E-state index in [1.165, 1.54) is 29.4 Å². The molecule has 3 aromatic rings. The second-order valence-corrected chi connectivity index (χ2v) is 7.74. The van der Waals surface area contributed by atoms with Gasteiger partial charge in [0.2, 0.25) is 0 Å². The Hall–Kier alpha value is -2.45. The number of rotatable bonds is 8. The molecule has 0 aliphatic rings. The summed E-state index contributed by atoms with van der Waals surface area (Å²) in [7, 11) is 0. The number of nitrogens with zero attached hydrogens (tertiary/aromatic N) is 2. The summed E-state index contributed by atoms with van der Waals surface area (Å²) >= 11 is 2.80. The molecule has 0 bridgehead atoms. The highest BCUT2D eigenvalue weighted by Gasteiger charge is 2.12. The summed E-state index contributed by atoms with van der Waals surface area (Å²) in [5.41, 5.74) is 1.15. The Balaban J connectivity index is 1.38. The Morgan fingerprint density at radius 2 is 2.04 bits per heavy atom. The van der Waals surface area contributed by atoms with E-state index in [1.807, 2.05) is 48.7 Å². The van der Waals surface area contributed by atoms with Crippen LogP contribution in [-0.2, 0) is 14.3 Å².